The summed E-state index contributed by atoms with van der Waals surface area (Å²) in [6, 6.07) is 5.99. The van der Waals surface area contributed by atoms with E-state index in [0.29, 0.717) is 12.8 Å². The van der Waals surface area contributed by atoms with Crippen molar-refractivity contribution in [2.45, 2.75) is 12.8 Å². The first-order valence-corrected chi connectivity index (χ1v) is 8.33. The van der Waals surface area contributed by atoms with E-state index in [-0.39, 0.29) is 5.75 Å². The maximum atomic E-state index is 10.8. The van der Waals surface area contributed by atoms with Crippen molar-refractivity contribution in [3.05, 3.63) is 60.1 Å². The van der Waals surface area contributed by atoms with Crippen LogP contribution >= 0.6 is 0 Å². The molecule has 3 rings (SSSR count). The molecule has 0 radical (unpaired) electrons. The largest absolute Gasteiger partial charge is 0.286 e. The van der Waals surface area contributed by atoms with Crippen molar-refractivity contribution in [3.8, 4) is 0 Å². The zero-order chi connectivity index (χ0) is 14.9. The molecule has 1 aromatic rings. The van der Waals surface area contributed by atoms with Gasteiger partial charge in [-0.15, -0.1) is 0 Å². The van der Waals surface area contributed by atoms with Gasteiger partial charge in [-0.05, 0) is 36.6 Å². The van der Waals surface area contributed by atoms with Gasteiger partial charge in [0.15, 0.2) is 0 Å². The highest BCUT2D eigenvalue weighted by molar-refractivity contribution is 7.85. The summed E-state index contributed by atoms with van der Waals surface area (Å²) in [5.74, 6) is -0.216. The Morgan fingerprint density at radius 3 is 2.71 bits per heavy atom. The first-order chi connectivity index (χ1) is 10.0. The number of benzene rings is 1. The first kappa shape index (κ1) is 13.9. The number of nitrogens with zero attached hydrogens (tertiary/aromatic N) is 2. The molecular weight excluding hydrogens is 288 g/mol. The summed E-state index contributed by atoms with van der Waals surface area (Å²) in [6.07, 6.45) is 12.8. The fourth-order valence-corrected chi connectivity index (χ4v) is 3.07. The van der Waals surface area contributed by atoms with Crippen LogP contribution in [0.4, 0.5) is 5.69 Å². The standard InChI is InChI=1S/C15H16N2O3S/c18-21(19,20)12-4-7-13-5-3-6-14-8-11-16-9-1-2-10-17(16)15(13)14/h1-3,5-6,8-11H,4,7,12H2,(H,18,19,20). The molecule has 1 aromatic carbocycles. The van der Waals surface area contributed by atoms with Gasteiger partial charge in [-0.2, -0.15) is 8.42 Å². The van der Waals surface area contributed by atoms with Gasteiger partial charge < -0.3 is 0 Å². The Morgan fingerprint density at radius 1 is 1.10 bits per heavy atom. The molecule has 110 valence electrons. The second kappa shape index (κ2) is 5.38. The number of hydrogen-bond donors (Lipinski definition) is 1. The summed E-state index contributed by atoms with van der Waals surface area (Å²) < 4.78 is 30.5. The summed E-state index contributed by atoms with van der Waals surface area (Å²) in [6.45, 7) is 0. The molecule has 5 nitrogen and oxygen atoms in total. The van der Waals surface area contributed by atoms with Crippen molar-refractivity contribution in [1.29, 1.82) is 0 Å². The number of allylic oxidation sites excluding steroid dienone is 2. The van der Waals surface area contributed by atoms with E-state index in [2.05, 4.69) is 0 Å². The van der Waals surface area contributed by atoms with Crippen molar-refractivity contribution >= 4 is 21.9 Å². The van der Waals surface area contributed by atoms with E-state index in [1.54, 1.807) is 0 Å². The lowest BCUT2D eigenvalue weighted by Crippen LogP contribution is -2.35. The van der Waals surface area contributed by atoms with E-state index >= 15 is 0 Å². The van der Waals surface area contributed by atoms with Gasteiger partial charge in [-0.3, -0.25) is 14.6 Å². The van der Waals surface area contributed by atoms with Crippen LogP contribution in [0.3, 0.4) is 0 Å². The average Bonchev–Trinajstić information content (AvgIpc) is 2.46. The van der Waals surface area contributed by atoms with Crippen LogP contribution in [0, 0.1) is 0 Å². The van der Waals surface area contributed by atoms with E-state index in [4.69, 9.17) is 4.55 Å². The van der Waals surface area contributed by atoms with E-state index in [9.17, 15) is 8.42 Å². The van der Waals surface area contributed by atoms with Crippen LogP contribution in [-0.4, -0.2) is 23.7 Å². The number of rotatable bonds is 4. The van der Waals surface area contributed by atoms with E-state index in [1.165, 1.54) is 0 Å². The van der Waals surface area contributed by atoms with Crippen molar-refractivity contribution in [2.75, 3.05) is 10.8 Å². The molecule has 0 atom stereocenters. The lowest BCUT2D eigenvalue weighted by molar-refractivity contribution is 0.481. The molecule has 21 heavy (non-hydrogen) atoms. The highest BCUT2D eigenvalue weighted by Gasteiger charge is 2.21. The summed E-state index contributed by atoms with van der Waals surface area (Å²) in [5.41, 5.74) is 3.21. The monoisotopic (exact) mass is 304 g/mol. The maximum Gasteiger partial charge on any atom is 0.264 e. The van der Waals surface area contributed by atoms with Gasteiger partial charge in [-0.25, -0.2) is 0 Å². The van der Waals surface area contributed by atoms with Crippen LogP contribution < -0.4 is 5.01 Å². The molecule has 0 bridgehead atoms. The third-order valence-electron chi connectivity index (χ3n) is 3.46. The van der Waals surface area contributed by atoms with Crippen LogP contribution in [0.15, 0.2) is 49.0 Å². The van der Waals surface area contributed by atoms with Crippen molar-refractivity contribution in [3.63, 3.8) is 0 Å². The number of aryl methyl sites for hydroxylation is 1. The number of anilines is 1. The summed E-state index contributed by atoms with van der Waals surface area (Å²) in [4.78, 5) is 0. The fraction of sp³-hybridized carbons (Fsp3) is 0.200. The molecule has 0 saturated carbocycles. The average molecular weight is 304 g/mol. The van der Waals surface area contributed by atoms with Crippen molar-refractivity contribution < 1.29 is 13.0 Å². The SMILES string of the molecule is O=S(=O)(O)CCCc1cccc2c1N1C=CC=CN1C=C2. The Labute approximate surface area is 124 Å². The molecule has 0 saturated heterocycles. The third-order valence-corrected chi connectivity index (χ3v) is 4.27. The van der Waals surface area contributed by atoms with Crippen LogP contribution in [0.25, 0.3) is 6.08 Å². The van der Waals surface area contributed by atoms with Gasteiger partial charge in [-0.1, -0.05) is 18.2 Å². The summed E-state index contributed by atoms with van der Waals surface area (Å²) in [7, 11) is -3.90. The maximum absolute atomic E-state index is 10.8. The minimum Gasteiger partial charge on any atom is -0.286 e. The molecule has 0 fully saturated rings. The quantitative estimate of drug-likeness (QED) is 0.866. The minimum absolute atomic E-state index is 0.216. The summed E-state index contributed by atoms with van der Waals surface area (Å²) in [5, 5.41) is 3.99. The molecule has 2 aliphatic heterocycles. The minimum atomic E-state index is -3.90. The van der Waals surface area contributed by atoms with E-state index in [0.717, 1.165) is 16.8 Å². The van der Waals surface area contributed by atoms with Crippen LogP contribution in [0.1, 0.15) is 17.5 Å². The Hall–Kier alpha value is -2.05. The number of hydrazine groups is 1. The Morgan fingerprint density at radius 2 is 1.90 bits per heavy atom. The Bertz CT molecular complexity index is 735. The van der Waals surface area contributed by atoms with E-state index < -0.39 is 10.1 Å². The molecule has 6 heteroatoms. The van der Waals surface area contributed by atoms with Gasteiger partial charge >= 0.3 is 0 Å². The zero-order valence-electron chi connectivity index (χ0n) is 11.4. The van der Waals surface area contributed by atoms with Gasteiger partial charge in [0.1, 0.15) is 0 Å². The summed E-state index contributed by atoms with van der Waals surface area (Å²) >= 11 is 0. The number of hydrogen-bond acceptors (Lipinski definition) is 4. The molecule has 0 spiro atoms. The first-order valence-electron chi connectivity index (χ1n) is 6.72. The number of fused-ring (bicyclic) bond motifs is 3. The van der Waals surface area contributed by atoms with Crippen molar-refractivity contribution in [2.24, 2.45) is 0 Å². The molecule has 0 aliphatic carbocycles. The third kappa shape index (κ3) is 3.01. The van der Waals surface area contributed by atoms with Gasteiger partial charge in [0.05, 0.1) is 11.4 Å². The Balaban J connectivity index is 1.88. The molecular formula is C15H16N2O3S. The molecule has 2 aliphatic rings. The van der Waals surface area contributed by atoms with Crippen LogP contribution in [-0.2, 0) is 16.5 Å². The van der Waals surface area contributed by atoms with E-state index in [1.807, 2.05) is 65.0 Å². The zero-order valence-corrected chi connectivity index (χ0v) is 12.2. The predicted octanol–water partition coefficient (Wildman–Crippen LogP) is 2.56. The topological polar surface area (TPSA) is 60.9 Å². The molecule has 0 unspecified atom stereocenters. The lowest BCUT2D eigenvalue weighted by atomic mass is 10.0. The van der Waals surface area contributed by atoms with Gasteiger partial charge in [0.25, 0.3) is 10.1 Å². The predicted molar refractivity (Wildman–Crippen MR) is 82.8 cm³/mol. The Kier molecular flexibility index (Phi) is 3.57. The lowest BCUT2D eigenvalue weighted by Gasteiger charge is -2.37. The van der Waals surface area contributed by atoms with Crippen LogP contribution in [0.5, 0.6) is 0 Å². The van der Waals surface area contributed by atoms with Gasteiger partial charge in [0, 0.05) is 24.2 Å². The fourth-order valence-electron chi connectivity index (χ4n) is 2.56. The van der Waals surface area contributed by atoms with Crippen molar-refractivity contribution in [1.82, 2.24) is 5.01 Å². The van der Waals surface area contributed by atoms with Crippen LogP contribution in [0.2, 0.25) is 0 Å². The number of para-hydroxylation sites is 1. The normalized spacial score (nSPS) is 16.0. The second-order valence-corrected chi connectivity index (χ2v) is 6.54. The molecule has 0 aromatic heterocycles. The molecule has 1 N–H and O–H groups in total. The highest BCUT2D eigenvalue weighted by atomic mass is 32.2. The highest BCUT2D eigenvalue weighted by Crippen LogP contribution is 2.34. The molecule has 0 amide bonds. The smallest absolute Gasteiger partial charge is 0.264 e. The second-order valence-electron chi connectivity index (χ2n) is 4.97. The molecule has 2 heterocycles. The van der Waals surface area contributed by atoms with Gasteiger partial charge in [0.2, 0.25) is 0 Å².